The molecular formula is C25H36O5S. The second kappa shape index (κ2) is 13.4. The molecule has 0 unspecified atom stereocenters. The smallest absolute Gasteiger partial charge is 0.298 e. The van der Waals surface area contributed by atoms with Crippen molar-refractivity contribution < 1.29 is 22.8 Å². The molecule has 0 saturated carbocycles. The van der Waals surface area contributed by atoms with Crippen LogP contribution in [0.15, 0.2) is 47.4 Å². The quantitative estimate of drug-likeness (QED) is 0.221. The third-order valence-corrected chi connectivity index (χ3v) is 6.37. The van der Waals surface area contributed by atoms with E-state index in [1.54, 1.807) is 24.3 Å². The number of aryl methyl sites for hydroxylation is 1. The minimum Gasteiger partial charge on any atom is -0.508 e. The molecule has 6 heteroatoms. The average molecular weight is 449 g/mol. The van der Waals surface area contributed by atoms with E-state index >= 15 is 0 Å². The Morgan fingerprint density at radius 2 is 1.35 bits per heavy atom. The minimum atomic E-state index is -4.50. The van der Waals surface area contributed by atoms with Gasteiger partial charge in [0.05, 0.1) is 0 Å². The molecule has 2 aromatic carbocycles. The Balaban J connectivity index is 1.89. The van der Waals surface area contributed by atoms with Crippen LogP contribution in [0, 0.1) is 0 Å². The SMILES string of the molecule is CCCCCCCCCCCCCc1cc(O)cc(Oc2ccccc2)c1S(=O)(=O)O. The van der Waals surface area contributed by atoms with Gasteiger partial charge in [-0.25, -0.2) is 0 Å². The molecule has 172 valence electrons. The van der Waals surface area contributed by atoms with Crippen LogP contribution in [0.4, 0.5) is 0 Å². The van der Waals surface area contributed by atoms with Crippen LogP contribution < -0.4 is 4.74 Å². The molecule has 0 spiro atoms. The molecule has 2 aromatic rings. The first-order chi connectivity index (χ1) is 14.9. The molecule has 0 heterocycles. The number of rotatable bonds is 15. The Kier molecular flexibility index (Phi) is 10.9. The van der Waals surface area contributed by atoms with Crippen molar-refractivity contribution in [3.05, 3.63) is 48.0 Å². The minimum absolute atomic E-state index is 0.0632. The van der Waals surface area contributed by atoms with Crippen molar-refractivity contribution in [1.29, 1.82) is 0 Å². The zero-order chi connectivity index (χ0) is 22.5. The van der Waals surface area contributed by atoms with Crippen molar-refractivity contribution in [2.75, 3.05) is 0 Å². The summed E-state index contributed by atoms with van der Waals surface area (Å²) in [5.41, 5.74) is 0.379. The summed E-state index contributed by atoms with van der Waals surface area (Å²) in [6.45, 7) is 2.23. The van der Waals surface area contributed by atoms with Crippen molar-refractivity contribution in [1.82, 2.24) is 0 Å². The van der Waals surface area contributed by atoms with E-state index in [2.05, 4.69) is 6.92 Å². The number of unbranched alkanes of at least 4 members (excludes halogenated alkanes) is 10. The van der Waals surface area contributed by atoms with Crippen molar-refractivity contribution in [3.8, 4) is 17.2 Å². The second-order valence-corrected chi connectivity index (χ2v) is 9.47. The summed E-state index contributed by atoms with van der Waals surface area (Å²) in [4.78, 5) is -0.263. The predicted molar refractivity (Wildman–Crippen MR) is 125 cm³/mol. The summed E-state index contributed by atoms with van der Waals surface area (Å²) in [5, 5.41) is 10.1. The number of aromatic hydroxyl groups is 1. The van der Waals surface area contributed by atoms with Gasteiger partial charge in [0.15, 0.2) is 5.75 Å². The van der Waals surface area contributed by atoms with E-state index in [1.807, 2.05) is 6.07 Å². The zero-order valence-corrected chi connectivity index (χ0v) is 19.4. The van der Waals surface area contributed by atoms with Gasteiger partial charge < -0.3 is 9.84 Å². The maximum absolute atomic E-state index is 12.1. The molecule has 0 amide bonds. The second-order valence-electron chi connectivity index (χ2n) is 8.11. The van der Waals surface area contributed by atoms with Gasteiger partial charge in [0.25, 0.3) is 10.1 Å². The highest BCUT2D eigenvalue weighted by Gasteiger charge is 2.23. The van der Waals surface area contributed by atoms with Gasteiger partial charge in [-0.05, 0) is 36.6 Å². The third-order valence-electron chi connectivity index (χ3n) is 5.40. The lowest BCUT2D eigenvalue weighted by Crippen LogP contribution is -2.06. The fourth-order valence-electron chi connectivity index (χ4n) is 3.79. The Morgan fingerprint density at radius 3 is 1.90 bits per heavy atom. The Morgan fingerprint density at radius 1 is 0.806 bits per heavy atom. The number of phenols is 1. The Labute approximate surface area is 187 Å². The first-order valence-electron chi connectivity index (χ1n) is 11.5. The fraction of sp³-hybridized carbons (Fsp3) is 0.520. The van der Waals surface area contributed by atoms with Crippen LogP contribution in [0.3, 0.4) is 0 Å². The highest BCUT2D eigenvalue weighted by molar-refractivity contribution is 7.86. The molecule has 0 aliphatic rings. The maximum atomic E-state index is 12.1. The molecule has 0 aromatic heterocycles. The van der Waals surface area contributed by atoms with Crippen LogP contribution in [0.1, 0.15) is 83.1 Å². The lowest BCUT2D eigenvalue weighted by atomic mass is 10.0. The van der Waals surface area contributed by atoms with Crippen molar-refractivity contribution >= 4 is 10.1 Å². The number of benzene rings is 2. The zero-order valence-electron chi connectivity index (χ0n) is 18.6. The first kappa shape index (κ1) is 25.2. The van der Waals surface area contributed by atoms with E-state index in [4.69, 9.17) is 4.74 Å². The number of hydrogen-bond donors (Lipinski definition) is 2. The van der Waals surface area contributed by atoms with E-state index in [9.17, 15) is 18.1 Å². The van der Waals surface area contributed by atoms with Gasteiger partial charge in [-0.2, -0.15) is 8.42 Å². The molecule has 2 rings (SSSR count). The standard InChI is InChI=1S/C25H36O5S/c1-2-3-4-5-6-7-8-9-10-11-13-16-21-19-22(26)20-24(25(21)31(27,28)29)30-23-17-14-12-15-18-23/h12,14-15,17-20,26H,2-11,13,16H2,1H3,(H,27,28,29). The average Bonchev–Trinajstić information content (AvgIpc) is 2.71. The van der Waals surface area contributed by atoms with E-state index in [-0.39, 0.29) is 16.4 Å². The van der Waals surface area contributed by atoms with Gasteiger partial charge in [0, 0.05) is 6.07 Å². The Hall–Kier alpha value is -2.05. The normalized spacial score (nSPS) is 11.5. The van der Waals surface area contributed by atoms with E-state index in [1.165, 1.54) is 63.5 Å². The molecule has 0 atom stereocenters. The lowest BCUT2D eigenvalue weighted by molar-refractivity contribution is 0.434. The third kappa shape index (κ3) is 9.32. The molecule has 31 heavy (non-hydrogen) atoms. The molecule has 0 aliphatic carbocycles. The van der Waals surface area contributed by atoms with E-state index in [0.29, 0.717) is 17.7 Å². The molecule has 2 N–H and O–H groups in total. The van der Waals surface area contributed by atoms with E-state index < -0.39 is 10.1 Å². The summed E-state index contributed by atoms with van der Waals surface area (Å²) in [5.74, 6) is 0.279. The topological polar surface area (TPSA) is 83.8 Å². The number of para-hydroxylation sites is 1. The van der Waals surface area contributed by atoms with Gasteiger partial charge in [-0.15, -0.1) is 0 Å². The van der Waals surface area contributed by atoms with Crippen LogP contribution in [0.25, 0.3) is 0 Å². The molecule has 0 radical (unpaired) electrons. The largest absolute Gasteiger partial charge is 0.508 e. The highest BCUT2D eigenvalue weighted by Crippen LogP contribution is 2.36. The van der Waals surface area contributed by atoms with Gasteiger partial charge in [0.1, 0.15) is 16.4 Å². The molecule has 0 aliphatic heterocycles. The summed E-state index contributed by atoms with van der Waals surface area (Å²) >= 11 is 0. The van der Waals surface area contributed by atoms with Crippen LogP contribution in [0.5, 0.6) is 17.2 Å². The van der Waals surface area contributed by atoms with Gasteiger partial charge in [0.2, 0.25) is 0 Å². The first-order valence-corrected chi connectivity index (χ1v) is 12.9. The molecular weight excluding hydrogens is 412 g/mol. The van der Waals surface area contributed by atoms with Crippen molar-refractivity contribution in [3.63, 3.8) is 0 Å². The number of ether oxygens (including phenoxy) is 1. The molecule has 5 nitrogen and oxygen atoms in total. The summed E-state index contributed by atoms with van der Waals surface area (Å²) < 4.78 is 39.6. The van der Waals surface area contributed by atoms with Gasteiger partial charge in [-0.1, -0.05) is 89.3 Å². The number of hydrogen-bond acceptors (Lipinski definition) is 4. The van der Waals surface area contributed by atoms with Crippen LogP contribution >= 0.6 is 0 Å². The number of phenolic OH excluding ortho intramolecular Hbond substituents is 1. The fourth-order valence-corrected chi connectivity index (χ4v) is 4.64. The van der Waals surface area contributed by atoms with Crippen LogP contribution in [-0.4, -0.2) is 18.1 Å². The van der Waals surface area contributed by atoms with Crippen LogP contribution in [0.2, 0.25) is 0 Å². The Bertz CT molecular complexity index is 878. The summed E-state index contributed by atoms with van der Waals surface area (Å²) in [7, 11) is -4.50. The van der Waals surface area contributed by atoms with Crippen molar-refractivity contribution in [2.45, 2.75) is 88.9 Å². The lowest BCUT2D eigenvalue weighted by Gasteiger charge is -2.14. The molecule has 0 bridgehead atoms. The highest BCUT2D eigenvalue weighted by atomic mass is 32.2. The monoisotopic (exact) mass is 448 g/mol. The molecule has 0 fully saturated rings. The summed E-state index contributed by atoms with van der Waals surface area (Å²) in [6.07, 6.45) is 13.6. The van der Waals surface area contributed by atoms with Crippen LogP contribution in [-0.2, 0) is 16.5 Å². The van der Waals surface area contributed by atoms with Gasteiger partial charge in [-0.3, -0.25) is 4.55 Å². The predicted octanol–water partition coefficient (Wildman–Crippen LogP) is 7.28. The van der Waals surface area contributed by atoms with E-state index in [0.717, 1.165) is 19.3 Å². The maximum Gasteiger partial charge on any atom is 0.298 e. The molecule has 0 saturated heterocycles. The van der Waals surface area contributed by atoms with Gasteiger partial charge >= 0.3 is 0 Å². The van der Waals surface area contributed by atoms with Crippen molar-refractivity contribution in [2.24, 2.45) is 0 Å². The summed E-state index contributed by atoms with van der Waals surface area (Å²) in [6, 6.07) is 11.3.